The van der Waals surface area contributed by atoms with Gasteiger partial charge in [-0.1, -0.05) is 35.5 Å². The van der Waals surface area contributed by atoms with Crippen molar-refractivity contribution in [1.82, 2.24) is 10.1 Å². The minimum Gasteiger partial charge on any atom is -0.339 e. The number of aryl methyl sites for hydroxylation is 1. The van der Waals surface area contributed by atoms with Crippen LogP contribution in [0.2, 0.25) is 0 Å². The van der Waals surface area contributed by atoms with Gasteiger partial charge in [0.05, 0.1) is 0 Å². The van der Waals surface area contributed by atoms with Crippen molar-refractivity contribution in [2.24, 2.45) is 17.3 Å². The predicted molar refractivity (Wildman–Crippen MR) is 83.5 cm³/mol. The molecule has 3 aliphatic rings. The van der Waals surface area contributed by atoms with Crippen molar-refractivity contribution in [2.45, 2.75) is 50.9 Å². The van der Waals surface area contributed by atoms with Gasteiger partial charge < -0.3 is 4.52 Å². The standard InChI is InChI=1S/C19H22N2O/c1-12-20-18(22-21-12)16-11-19(8-7-17(16)19)10-14-9-15(14)13-5-3-2-4-6-13/h2-6,14-17H,7-11H2,1H3. The molecule has 0 bridgehead atoms. The summed E-state index contributed by atoms with van der Waals surface area (Å²) in [4.78, 5) is 4.46. The third-order valence-electron chi connectivity index (χ3n) is 6.53. The summed E-state index contributed by atoms with van der Waals surface area (Å²) in [7, 11) is 0. The first kappa shape index (κ1) is 12.9. The van der Waals surface area contributed by atoms with Crippen molar-refractivity contribution in [2.75, 3.05) is 0 Å². The summed E-state index contributed by atoms with van der Waals surface area (Å²) in [5, 5.41) is 3.96. The second-order valence-corrected chi connectivity index (χ2v) is 7.72. The molecule has 1 aromatic heterocycles. The van der Waals surface area contributed by atoms with Crippen LogP contribution in [0.3, 0.4) is 0 Å². The third kappa shape index (κ3) is 1.81. The Morgan fingerprint density at radius 1 is 1.23 bits per heavy atom. The molecule has 114 valence electrons. The van der Waals surface area contributed by atoms with E-state index >= 15 is 0 Å². The van der Waals surface area contributed by atoms with Crippen LogP contribution in [0.4, 0.5) is 0 Å². The van der Waals surface area contributed by atoms with E-state index in [2.05, 4.69) is 40.5 Å². The van der Waals surface area contributed by atoms with E-state index in [0.717, 1.165) is 29.5 Å². The molecule has 0 aliphatic heterocycles. The van der Waals surface area contributed by atoms with Gasteiger partial charge in [-0.3, -0.25) is 0 Å². The Bertz CT molecular complexity index is 694. The largest absolute Gasteiger partial charge is 0.339 e. The third-order valence-corrected chi connectivity index (χ3v) is 6.53. The summed E-state index contributed by atoms with van der Waals surface area (Å²) in [5.41, 5.74) is 2.16. The highest BCUT2D eigenvalue weighted by atomic mass is 16.5. The Kier molecular flexibility index (Phi) is 2.59. The lowest BCUT2D eigenvalue weighted by molar-refractivity contribution is -0.117. The fraction of sp³-hybridized carbons (Fsp3) is 0.579. The summed E-state index contributed by atoms with van der Waals surface area (Å²) in [6, 6.07) is 11.1. The minimum atomic E-state index is 0.545. The van der Waals surface area contributed by atoms with Crippen LogP contribution in [0.5, 0.6) is 0 Å². The fourth-order valence-corrected chi connectivity index (χ4v) is 5.18. The molecule has 3 heteroatoms. The summed E-state index contributed by atoms with van der Waals surface area (Å²) in [6.07, 6.45) is 6.86. The van der Waals surface area contributed by atoms with Crippen LogP contribution in [0.1, 0.15) is 61.2 Å². The van der Waals surface area contributed by atoms with E-state index in [4.69, 9.17) is 4.52 Å². The van der Waals surface area contributed by atoms with Crippen molar-refractivity contribution >= 4 is 0 Å². The van der Waals surface area contributed by atoms with E-state index in [9.17, 15) is 0 Å². The normalized spacial score (nSPS) is 38.8. The van der Waals surface area contributed by atoms with Crippen LogP contribution in [-0.4, -0.2) is 10.1 Å². The average Bonchev–Trinajstić information content (AvgIpc) is 3.17. The van der Waals surface area contributed by atoms with Gasteiger partial charge in [0.1, 0.15) is 0 Å². The van der Waals surface area contributed by atoms with E-state index in [-0.39, 0.29) is 0 Å². The Balaban J connectivity index is 1.25. The molecule has 22 heavy (non-hydrogen) atoms. The molecule has 1 aromatic carbocycles. The van der Waals surface area contributed by atoms with Crippen molar-refractivity contribution in [3.8, 4) is 0 Å². The molecule has 2 aromatic rings. The molecule has 0 amide bonds. The number of aromatic nitrogens is 2. The van der Waals surface area contributed by atoms with E-state index in [1.54, 1.807) is 5.56 Å². The lowest BCUT2D eigenvalue weighted by Gasteiger charge is -2.63. The van der Waals surface area contributed by atoms with Gasteiger partial charge >= 0.3 is 0 Å². The summed E-state index contributed by atoms with van der Waals surface area (Å²) >= 11 is 0. The molecule has 5 rings (SSSR count). The highest BCUT2D eigenvalue weighted by molar-refractivity contribution is 5.27. The van der Waals surface area contributed by atoms with Crippen LogP contribution >= 0.6 is 0 Å². The first-order chi connectivity index (χ1) is 10.8. The summed E-state index contributed by atoms with van der Waals surface area (Å²) in [5.74, 6) is 4.76. The predicted octanol–water partition coefficient (Wildman–Crippen LogP) is 4.46. The van der Waals surface area contributed by atoms with Gasteiger partial charge in [-0.2, -0.15) is 4.98 Å². The van der Waals surface area contributed by atoms with Crippen LogP contribution < -0.4 is 0 Å². The molecule has 0 N–H and O–H groups in total. The zero-order valence-electron chi connectivity index (χ0n) is 13.0. The molecule has 0 spiro atoms. The van der Waals surface area contributed by atoms with E-state index in [1.807, 2.05) is 6.92 Å². The first-order valence-electron chi connectivity index (χ1n) is 8.60. The minimum absolute atomic E-state index is 0.545. The Labute approximate surface area is 131 Å². The Morgan fingerprint density at radius 3 is 2.73 bits per heavy atom. The SMILES string of the molecule is Cc1noc(C2CC3(CC4CC4c4ccccc4)CCC23)n1. The molecular weight excluding hydrogens is 272 g/mol. The van der Waals surface area contributed by atoms with Gasteiger partial charge in [-0.15, -0.1) is 0 Å². The van der Waals surface area contributed by atoms with Gasteiger partial charge in [0, 0.05) is 5.92 Å². The number of hydrogen-bond acceptors (Lipinski definition) is 3. The number of rotatable bonds is 4. The lowest BCUT2D eigenvalue weighted by Crippen LogP contribution is -2.54. The molecule has 1 heterocycles. The van der Waals surface area contributed by atoms with Gasteiger partial charge in [0.2, 0.25) is 5.89 Å². The second kappa shape index (κ2) is 4.43. The molecule has 0 saturated heterocycles. The Hall–Kier alpha value is -1.64. The number of hydrogen-bond donors (Lipinski definition) is 0. The zero-order valence-corrected chi connectivity index (χ0v) is 13.0. The van der Waals surface area contributed by atoms with E-state index in [1.165, 1.54) is 32.1 Å². The van der Waals surface area contributed by atoms with Crippen LogP contribution in [-0.2, 0) is 0 Å². The number of benzene rings is 1. The van der Waals surface area contributed by atoms with E-state index < -0.39 is 0 Å². The van der Waals surface area contributed by atoms with E-state index in [0.29, 0.717) is 11.3 Å². The molecule has 3 aliphatic carbocycles. The Morgan fingerprint density at radius 2 is 2.09 bits per heavy atom. The van der Waals surface area contributed by atoms with Gasteiger partial charge in [0.15, 0.2) is 5.82 Å². The van der Waals surface area contributed by atoms with Crippen LogP contribution in [0.15, 0.2) is 34.9 Å². The smallest absolute Gasteiger partial charge is 0.230 e. The zero-order chi connectivity index (χ0) is 14.7. The summed E-state index contributed by atoms with van der Waals surface area (Å²) in [6.45, 7) is 1.91. The fourth-order valence-electron chi connectivity index (χ4n) is 5.18. The highest BCUT2D eigenvalue weighted by Crippen LogP contribution is 2.72. The van der Waals surface area contributed by atoms with Crippen LogP contribution in [0.25, 0.3) is 0 Å². The molecule has 5 atom stereocenters. The van der Waals surface area contributed by atoms with Crippen molar-refractivity contribution in [3.63, 3.8) is 0 Å². The lowest BCUT2D eigenvalue weighted by atomic mass is 9.41. The maximum Gasteiger partial charge on any atom is 0.230 e. The molecule has 3 fully saturated rings. The molecule has 3 saturated carbocycles. The average molecular weight is 294 g/mol. The second-order valence-electron chi connectivity index (χ2n) is 7.72. The van der Waals surface area contributed by atoms with Crippen molar-refractivity contribution in [1.29, 1.82) is 0 Å². The van der Waals surface area contributed by atoms with Crippen molar-refractivity contribution in [3.05, 3.63) is 47.6 Å². The number of fused-ring (bicyclic) bond motifs is 1. The maximum absolute atomic E-state index is 5.42. The van der Waals surface area contributed by atoms with Gasteiger partial charge in [0.25, 0.3) is 0 Å². The van der Waals surface area contributed by atoms with Crippen molar-refractivity contribution < 1.29 is 4.52 Å². The molecule has 3 nitrogen and oxygen atoms in total. The molecule has 0 radical (unpaired) electrons. The van der Waals surface area contributed by atoms with Crippen LogP contribution in [0, 0.1) is 24.2 Å². The monoisotopic (exact) mass is 294 g/mol. The number of nitrogens with zero attached hydrogens (tertiary/aromatic N) is 2. The molecule has 5 unspecified atom stereocenters. The molecular formula is C19H22N2O. The van der Waals surface area contributed by atoms with Gasteiger partial charge in [-0.25, -0.2) is 0 Å². The quantitative estimate of drug-likeness (QED) is 0.836. The summed E-state index contributed by atoms with van der Waals surface area (Å²) < 4.78 is 5.42. The van der Waals surface area contributed by atoms with Gasteiger partial charge in [-0.05, 0) is 67.8 Å². The highest BCUT2D eigenvalue weighted by Gasteiger charge is 2.63. The first-order valence-corrected chi connectivity index (χ1v) is 8.60. The topological polar surface area (TPSA) is 38.9 Å². The maximum atomic E-state index is 5.42.